The molecule has 0 amide bonds. The summed E-state index contributed by atoms with van der Waals surface area (Å²) in [6, 6.07) is 0. The molecule has 0 aliphatic rings. The Bertz CT molecular complexity index is 526. The molecule has 1 unspecified atom stereocenters. The zero-order valence-electron chi connectivity index (χ0n) is 19.8. The molecule has 0 saturated heterocycles. The van der Waals surface area contributed by atoms with Gasteiger partial charge in [0.25, 0.3) is 0 Å². The van der Waals surface area contributed by atoms with Crippen molar-refractivity contribution in [3.63, 3.8) is 0 Å². The van der Waals surface area contributed by atoms with E-state index in [-0.39, 0.29) is 5.78 Å². The van der Waals surface area contributed by atoms with Crippen molar-refractivity contribution in [3.8, 4) is 0 Å². The molecule has 0 aromatic rings. The Labute approximate surface area is 186 Å². The van der Waals surface area contributed by atoms with E-state index in [1.807, 2.05) is 6.92 Å². The normalized spacial score (nSPS) is 13.3. The Morgan fingerprint density at radius 3 is 1.60 bits per heavy atom. The largest absolute Gasteiger partial charge is 0.380 e. The average Bonchev–Trinajstić information content (AvgIpc) is 2.77. The quantitative estimate of drug-likeness (QED) is 0.129. The van der Waals surface area contributed by atoms with E-state index in [1.165, 1.54) is 0 Å². The first-order valence-electron chi connectivity index (χ1n) is 11.2. The molecule has 0 spiro atoms. The van der Waals surface area contributed by atoms with Gasteiger partial charge in [0.15, 0.2) is 0 Å². The highest BCUT2D eigenvalue weighted by atomic mass is 31.2. The fourth-order valence-corrected chi connectivity index (χ4v) is 8.45. The minimum absolute atomic E-state index is 0.311. The number of nitrogens with zero attached hydrogens (tertiary/aromatic N) is 3. The average molecular weight is 487 g/mol. The molecule has 11 heteroatoms. The lowest BCUT2D eigenvalue weighted by Gasteiger charge is -2.30. The molecule has 0 aromatic carbocycles. The summed E-state index contributed by atoms with van der Waals surface area (Å²) in [5.74, 6) is -0.311. The maximum absolute atomic E-state index is 6.27. The molecule has 0 rings (SSSR count). The van der Waals surface area contributed by atoms with Crippen LogP contribution in [0.2, 0.25) is 0 Å². The lowest BCUT2D eigenvalue weighted by Crippen LogP contribution is -2.10. The van der Waals surface area contributed by atoms with Crippen LogP contribution in [0.1, 0.15) is 73.6 Å². The summed E-state index contributed by atoms with van der Waals surface area (Å²) in [6.45, 7) is 16.0. The maximum Gasteiger partial charge on any atom is 0.338 e. The van der Waals surface area contributed by atoms with E-state index in [1.54, 1.807) is 0 Å². The molecular formula is C19H44N3O5P3. The zero-order chi connectivity index (χ0) is 22.7. The molecule has 0 fully saturated rings. The Morgan fingerprint density at radius 2 is 1.17 bits per heavy atom. The van der Waals surface area contributed by atoms with E-state index < -0.39 is 15.2 Å². The first-order chi connectivity index (χ1) is 14.5. The van der Waals surface area contributed by atoms with E-state index in [4.69, 9.17) is 32.1 Å². The van der Waals surface area contributed by atoms with Gasteiger partial charge in [-0.15, -0.1) is 0 Å². The van der Waals surface area contributed by atoms with Crippen molar-refractivity contribution in [2.24, 2.45) is 14.0 Å². The van der Waals surface area contributed by atoms with Crippen molar-refractivity contribution in [2.75, 3.05) is 46.2 Å². The number of rotatable bonds is 20. The van der Waals surface area contributed by atoms with Gasteiger partial charge in [-0.3, -0.25) is 4.74 Å². The van der Waals surface area contributed by atoms with E-state index in [9.17, 15) is 0 Å². The van der Waals surface area contributed by atoms with Gasteiger partial charge in [-0.2, -0.15) is 4.52 Å². The van der Waals surface area contributed by atoms with Crippen LogP contribution in [0, 0.1) is 0 Å². The van der Waals surface area contributed by atoms with Gasteiger partial charge >= 0.3 is 7.66 Å². The summed E-state index contributed by atoms with van der Waals surface area (Å²) in [6.07, 6.45) is 4.34. The fourth-order valence-electron chi connectivity index (χ4n) is 2.15. The summed E-state index contributed by atoms with van der Waals surface area (Å²) in [4.78, 5) is 0. The van der Waals surface area contributed by atoms with Crippen LogP contribution in [0.15, 0.2) is 14.0 Å². The highest BCUT2D eigenvalue weighted by Gasteiger charge is 2.35. The van der Waals surface area contributed by atoms with Crippen molar-refractivity contribution in [3.05, 3.63) is 0 Å². The summed E-state index contributed by atoms with van der Waals surface area (Å²) >= 11 is 0. The Hall–Kier alpha value is 0.360. The first kappa shape index (κ1) is 30.4. The van der Waals surface area contributed by atoms with Crippen molar-refractivity contribution in [1.82, 2.24) is 0 Å². The standard InChI is InChI=1S/C19H44N3O5P3/c1-7-13-23-18-12-20-30(26-16-10-4,27-17-11-5)22-29(19(6)21-28,24-14-8-2)25-15-9-3/h19,28H,7-18H2,1-6H3. The van der Waals surface area contributed by atoms with Crippen LogP contribution < -0.4 is 0 Å². The van der Waals surface area contributed by atoms with Crippen LogP contribution in [0.3, 0.4) is 0 Å². The third-order valence-electron chi connectivity index (χ3n) is 3.65. The van der Waals surface area contributed by atoms with Gasteiger partial charge in [-0.05, 0) is 48.1 Å². The topological polar surface area (TPSA) is 83.2 Å². The zero-order valence-corrected chi connectivity index (χ0v) is 22.6. The van der Waals surface area contributed by atoms with Gasteiger partial charge in [0.2, 0.25) is 7.51 Å². The lowest BCUT2D eigenvalue weighted by atomic mass is 10.5. The van der Waals surface area contributed by atoms with Crippen LogP contribution in [-0.4, -0.2) is 52.0 Å². The third kappa shape index (κ3) is 11.8. The molecular weight excluding hydrogens is 443 g/mol. The molecule has 8 nitrogen and oxygen atoms in total. The summed E-state index contributed by atoms with van der Waals surface area (Å²) < 4.78 is 44.7. The van der Waals surface area contributed by atoms with Crippen LogP contribution in [0.25, 0.3) is 0 Å². The van der Waals surface area contributed by atoms with Gasteiger partial charge < -0.3 is 22.8 Å². The molecule has 0 N–H and O–H groups in total. The molecule has 0 aromatic heterocycles. The molecule has 0 saturated carbocycles. The monoisotopic (exact) mass is 487 g/mol. The highest BCUT2D eigenvalue weighted by molar-refractivity contribution is 7.68. The second-order valence-corrected chi connectivity index (χ2v) is 11.9. The van der Waals surface area contributed by atoms with Crippen LogP contribution in [-0.2, 0) is 22.8 Å². The van der Waals surface area contributed by atoms with E-state index in [2.05, 4.69) is 48.4 Å². The third-order valence-corrected chi connectivity index (χ3v) is 9.91. The number of hydrogen-bond acceptors (Lipinski definition) is 7. The molecule has 0 bridgehead atoms. The summed E-state index contributed by atoms with van der Waals surface area (Å²) in [5, 5.41) is 0. The summed E-state index contributed by atoms with van der Waals surface area (Å²) in [7, 11) is -2.47. The molecule has 0 aliphatic heterocycles. The Balaban J connectivity index is 6.37. The number of ether oxygens (including phenoxy) is 1. The molecule has 0 aliphatic carbocycles. The minimum atomic E-state index is -2.96. The Kier molecular flexibility index (Phi) is 19.1. The minimum Gasteiger partial charge on any atom is -0.380 e. The van der Waals surface area contributed by atoms with Gasteiger partial charge in [-0.1, -0.05) is 34.6 Å². The van der Waals surface area contributed by atoms with E-state index >= 15 is 0 Å². The molecule has 30 heavy (non-hydrogen) atoms. The van der Waals surface area contributed by atoms with E-state index in [0.717, 1.165) is 32.1 Å². The highest BCUT2D eigenvalue weighted by Crippen LogP contribution is 2.68. The fraction of sp³-hybridized carbons (Fsp3) is 1.00. The van der Waals surface area contributed by atoms with Crippen molar-refractivity contribution in [1.29, 1.82) is 0 Å². The SMILES string of the molecule is CCCOCCN=P(N=P(OCCC)(OCCC)C(C)N=P)(OCCC)OCCC. The number of hydrogen-bond donors (Lipinski definition) is 0. The smallest absolute Gasteiger partial charge is 0.338 e. The predicted octanol–water partition coefficient (Wildman–Crippen LogP) is 7.77. The van der Waals surface area contributed by atoms with Crippen LogP contribution in [0.4, 0.5) is 0 Å². The molecule has 180 valence electrons. The first-order valence-corrected chi connectivity index (χ1v) is 14.9. The van der Waals surface area contributed by atoms with Crippen molar-refractivity contribution < 1.29 is 22.8 Å². The van der Waals surface area contributed by atoms with Gasteiger partial charge in [0.1, 0.15) is 5.78 Å². The van der Waals surface area contributed by atoms with Crippen LogP contribution >= 0.6 is 24.2 Å². The van der Waals surface area contributed by atoms with Crippen molar-refractivity contribution >= 4 is 24.2 Å². The van der Waals surface area contributed by atoms with Crippen molar-refractivity contribution in [2.45, 2.75) is 79.4 Å². The van der Waals surface area contributed by atoms with Crippen LogP contribution in [0.5, 0.6) is 0 Å². The lowest BCUT2D eigenvalue weighted by molar-refractivity contribution is 0.141. The molecule has 0 radical (unpaired) electrons. The van der Waals surface area contributed by atoms with E-state index in [0.29, 0.717) is 46.2 Å². The van der Waals surface area contributed by atoms with Gasteiger partial charge in [-0.25, -0.2) is 4.74 Å². The van der Waals surface area contributed by atoms with Gasteiger partial charge in [0, 0.05) is 6.61 Å². The molecule has 1 atom stereocenters. The second kappa shape index (κ2) is 18.9. The van der Waals surface area contributed by atoms with Gasteiger partial charge in [0.05, 0.1) is 39.6 Å². The second-order valence-electron chi connectivity index (χ2n) is 6.72. The molecule has 0 heterocycles. The Morgan fingerprint density at radius 1 is 0.700 bits per heavy atom. The predicted molar refractivity (Wildman–Crippen MR) is 130 cm³/mol. The maximum atomic E-state index is 6.27. The summed E-state index contributed by atoms with van der Waals surface area (Å²) in [5.41, 5.74) is 0.